The zero-order valence-corrected chi connectivity index (χ0v) is 18.7. The Balaban J connectivity index is 1.24. The number of hydrogen-bond donors (Lipinski definition) is 2. The molecular weight excluding hydrogens is 416 g/mol. The molecule has 0 aliphatic heterocycles. The van der Waals surface area contributed by atoms with Crippen LogP contribution in [0.25, 0.3) is 32.7 Å². The van der Waals surface area contributed by atoms with Crippen LogP contribution < -0.4 is 11.1 Å². The van der Waals surface area contributed by atoms with Crippen LogP contribution in [0.1, 0.15) is 16.9 Å². The lowest BCUT2D eigenvalue weighted by atomic mass is 10.0. The van der Waals surface area contributed by atoms with Gasteiger partial charge in [0.2, 0.25) is 0 Å². The maximum absolute atomic E-state index is 5.79. The van der Waals surface area contributed by atoms with E-state index in [1.165, 1.54) is 21.6 Å². The zero-order chi connectivity index (χ0) is 21.9. The lowest BCUT2D eigenvalue weighted by Gasteiger charge is -2.09. The van der Waals surface area contributed by atoms with Crippen LogP contribution in [0.15, 0.2) is 77.6 Å². The molecule has 5 aromatic rings. The van der Waals surface area contributed by atoms with Crippen LogP contribution in [0.5, 0.6) is 0 Å². The van der Waals surface area contributed by atoms with Gasteiger partial charge in [-0.05, 0) is 60.7 Å². The minimum atomic E-state index is 0.689. The molecule has 6 heteroatoms. The molecule has 3 aromatic heterocycles. The summed E-state index contributed by atoms with van der Waals surface area (Å²) in [7, 11) is 0. The standard InChI is InChI=1S/C26H24N4OS/c1-17-15-23-25(29-24(30-26(23)32-17)21-12-14-31-16-21)28-13-2-3-18-4-6-19(7-5-18)20-8-10-22(27)11-9-20/h4-12,14-16H,2-3,13,27H2,1H3,(H,28,29,30). The van der Waals surface area contributed by atoms with E-state index in [-0.39, 0.29) is 0 Å². The maximum atomic E-state index is 5.79. The van der Waals surface area contributed by atoms with Crippen molar-refractivity contribution >= 4 is 33.1 Å². The molecule has 0 bridgehead atoms. The highest BCUT2D eigenvalue weighted by molar-refractivity contribution is 7.18. The molecule has 0 amide bonds. The van der Waals surface area contributed by atoms with E-state index in [0.29, 0.717) is 5.82 Å². The van der Waals surface area contributed by atoms with Gasteiger partial charge in [0.25, 0.3) is 0 Å². The smallest absolute Gasteiger partial charge is 0.166 e. The van der Waals surface area contributed by atoms with Gasteiger partial charge in [0, 0.05) is 17.1 Å². The zero-order valence-electron chi connectivity index (χ0n) is 17.8. The fraction of sp³-hybridized carbons (Fsp3) is 0.154. The molecule has 5 nitrogen and oxygen atoms in total. The Labute approximate surface area is 191 Å². The molecule has 0 radical (unpaired) electrons. The summed E-state index contributed by atoms with van der Waals surface area (Å²) in [5.41, 5.74) is 11.2. The van der Waals surface area contributed by atoms with Gasteiger partial charge in [-0.2, -0.15) is 0 Å². The monoisotopic (exact) mass is 440 g/mol. The number of rotatable bonds is 7. The minimum Gasteiger partial charge on any atom is -0.472 e. The summed E-state index contributed by atoms with van der Waals surface area (Å²) in [6.45, 7) is 2.94. The van der Waals surface area contributed by atoms with E-state index in [4.69, 9.17) is 20.1 Å². The molecule has 3 N–H and O–H groups in total. The molecule has 0 spiro atoms. The molecule has 32 heavy (non-hydrogen) atoms. The minimum absolute atomic E-state index is 0.689. The third-order valence-corrected chi connectivity index (χ3v) is 6.37. The van der Waals surface area contributed by atoms with Gasteiger partial charge in [-0.15, -0.1) is 11.3 Å². The maximum Gasteiger partial charge on any atom is 0.166 e. The molecule has 0 atom stereocenters. The summed E-state index contributed by atoms with van der Waals surface area (Å²) in [4.78, 5) is 11.7. The van der Waals surface area contributed by atoms with E-state index >= 15 is 0 Å². The Morgan fingerprint density at radius 1 is 0.938 bits per heavy atom. The first kappa shape index (κ1) is 20.3. The van der Waals surface area contributed by atoms with Crippen molar-refractivity contribution in [3.8, 4) is 22.5 Å². The number of nitrogens with one attached hydrogen (secondary N) is 1. The molecular formula is C26H24N4OS. The van der Waals surface area contributed by atoms with Crippen molar-refractivity contribution in [1.29, 1.82) is 0 Å². The Morgan fingerprint density at radius 3 is 2.41 bits per heavy atom. The Kier molecular flexibility index (Phi) is 5.60. The van der Waals surface area contributed by atoms with E-state index in [1.54, 1.807) is 23.9 Å². The summed E-state index contributed by atoms with van der Waals surface area (Å²) in [6.07, 6.45) is 5.34. The Bertz CT molecular complexity index is 1320. The molecule has 0 aliphatic carbocycles. The number of nitrogen functional groups attached to an aromatic ring is 1. The summed E-state index contributed by atoms with van der Waals surface area (Å²) >= 11 is 1.69. The van der Waals surface area contributed by atoms with Gasteiger partial charge in [0.1, 0.15) is 16.9 Å². The molecule has 0 saturated carbocycles. The highest BCUT2D eigenvalue weighted by atomic mass is 32.1. The van der Waals surface area contributed by atoms with Gasteiger partial charge in [-0.3, -0.25) is 0 Å². The van der Waals surface area contributed by atoms with Gasteiger partial charge >= 0.3 is 0 Å². The van der Waals surface area contributed by atoms with Crippen LogP contribution >= 0.6 is 11.3 Å². The quantitative estimate of drug-likeness (QED) is 0.221. The lowest BCUT2D eigenvalue weighted by molar-refractivity contribution is 0.568. The molecule has 160 valence electrons. The fourth-order valence-corrected chi connectivity index (χ4v) is 4.62. The van der Waals surface area contributed by atoms with Gasteiger partial charge in [-0.25, -0.2) is 9.97 Å². The van der Waals surface area contributed by atoms with E-state index in [2.05, 4.69) is 54.7 Å². The molecule has 0 fully saturated rings. The van der Waals surface area contributed by atoms with Crippen LogP contribution in [-0.4, -0.2) is 16.5 Å². The molecule has 0 aliphatic rings. The summed E-state index contributed by atoms with van der Waals surface area (Å²) < 4.78 is 5.21. The third kappa shape index (κ3) is 4.36. The highest BCUT2D eigenvalue weighted by Crippen LogP contribution is 2.31. The summed E-state index contributed by atoms with van der Waals surface area (Å²) in [5, 5.41) is 4.61. The number of benzene rings is 2. The van der Waals surface area contributed by atoms with Gasteiger partial charge < -0.3 is 15.5 Å². The second-order valence-corrected chi connectivity index (χ2v) is 9.07. The molecule has 3 heterocycles. The predicted octanol–water partition coefficient (Wildman–Crippen LogP) is 6.55. The number of nitrogens with two attached hydrogens (primary N) is 1. The van der Waals surface area contributed by atoms with E-state index < -0.39 is 0 Å². The fourth-order valence-electron chi connectivity index (χ4n) is 3.74. The number of furan rings is 1. The number of hydrogen-bond acceptors (Lipinski definition) is 6. The number of thiophene rings is 1. The third-order valence-electron chi connectivity index (χ3n) is 5.43. The van der Waals surface area contributed by atoms with Crippen molar-refractivity contribution in [1.82, 2.24) is 9.97 Å². The van der Waals surface area contributed by atoms with Gasteiger partial charge in [0.05, 0.1) is 17.2 Å². The first-order valence-corrected chi connectivity index (χ1v) is 11.5. The van der Waals surface area contributed by atoms with Crippen LogP contribution in [-0.2, 0) is 6.42 Å². The average molecular weight is 441 g/mol. The van der Waals surface area contributed by atoms with E-state index in [9.17, 15) is 0 Å². The van der Waals surface area contributed by atoms with Crippen LogP contribution in [0.4, 0.5) is 11.5 Å². The SMILES string of the molecule is Cc1cc2c(NCCCc3ccc(-c4ccc(N)cc4)cc3)nc(-c3ccoc3)nc2s1. The first-order valence-electron chi connectivity index (χ1n) is 10.7. The highest BCUT2D eigenvalue weighted by Gasteiger charge is 2.12. The second-order valence-electron chi connectivity index (χ2n) is 7.83. The second kappa shape index (κ2) is 8.85. The topological polar surface area (TPSA) is 77.0 Å². The summed E-state index contributed by atoms with van der Waals surface area (Å²) in [6, 6.07) is 20.8. The average Bonchev–Trinajstić information content (AvgIpc) is 3.47. The van der Waals surface area contributed by atoms with E-state index in [0.717, 1.165) is 46.7 Å². The number of nitrogens with zero attached hydrogens (tertiary/aromatic N) is 2. The first-order chi connectivity index (χ1) is 15.7. The van der Waals surface area contributed by atoms with Crippen LogP contribution in [0, 0.1) is 6.92 Å². The van der Waals surface area contributed by atoms with E-state index in [1.807, 2.05) is 18.2 Å². The molecule has 0 saturated heterocycles. The molecule has 0 unspecified atom stereocenters. The number of anilines is 2. The largest absolute Gasteiger partial charge is 0.472 e. The van der Waals surface area contributed by atoms with Crippen LogP contribution in [0.3, 0.4) is 0 Å². The lowest BCUT2D eigenvalue weighted by Crippen LogP contribution is -2.06. The number of aromatic nitrogens is 2. The predicted molar refractivity (Wildman–Crippen MR) is 133 cm³/mol. The number of fused-ring (bicyclic) bond motifs is 1. The Morgan fingerprint density at radius 2 is 1.69 bits per heavy atom. The van der Waals surface area contributed by atoms with Crippen molar-refractivity contribution < 1.29 is 4.42 Å². The number of aryl methyl sites for hydroxylation is 2. The van der Waals surface area contributed by atoms with Crippen molar-refractivity contribution in [3.63, 3.8) is 0 Å². The summed E-state index contributed by atoms with van der Waals surface area (Å²) in [5.74, 6) is 1.57. The van der Waals surface area contributed by atoms with Crippen molar-refractivity contribution in [2.45, 2.75) is 19.8 Å². The normalized spacial score (nSPS) is 11.2. The van der Waals surface area contributed by atoms with Gasteiger partial charge in [-0.1, -0.05) is 36.4 Å². The molecule has 2 aromatic carbocycles. The van der Waals surface area contributed by atoms with Crippen molar-refractivity contribution in [2.24, 2.45) is 0 Å². The van der Waals surface area contributed by atoms with Crippen LogP contribution in [0.2, 0.25) is 0 Å². The van der Waals surface area contributed by atoms with Gasteiger partial charge in [0.15, 0.2) is 5.82 Å². The van der Waals surface area contributed by atoms with Crippen molar-refractivity contribution in [2.75, 3.05) is 17.6 Å². The molecule has 5 rings (SSSR count). The Hall–Kier alpha value is -3.64. The van der Waals surface area contributed by atoms with Crippen molar-refractivity contribution in [3.05, 3.63) is 83.6 Å².